The van der Waals surface area contributed by atoms with Crippen LogP contribution < -0.4 is 11.1 Å². The molecule has 3 heterocycles. The number of nitrogens with zero attached hydrogens (tertiary/aromatic N) is 2. The SMILES string of the molecule is NCC12CCC1CCN2Cc1cccc2c1C(=O)N(C1CCC(=O)NC1=O)C2=O. The monoisotopic (exact) mass is 396 g/mol. The lowest BCUT2D eigenvalue weighted by Gasteiger charge is -2.49. The zero-order chi connectivity index (χ0) is 20.3. The number of carbonyl (C=O) groups is 4. The van der Waals surface area contributed by atoms with Crippen molar-refractivity contribution < 1.29 is 19.2 Å². The summed E-state index contributed by atoms with van der Waals surface area (Å²) in [5.41, 5.74) is 7.66. The standard InChI is InChI=1S/C21H24N4O4/c22-11-21-8-6-13(21)7-9-24(21)10-12-2-1-3-14-17(12)20(29)25(19(14)28)15-4-5-16(26)23-18(15)27/h1-3,13,15H,4-11,22H2,(H,23,26,27). The van der Waals surface area contributed by atoms with Crippen LogP contribution >= 0.6 is 0 Å². The molecule has 3 atom stereocenters. The van der Waals surface area contributed by atoms with Crippen LogP contribution in [-0.4, -0.2) is 58.1 Å². The van der Waals surface area contributed by atoms with E-state index in [1.165, 1.54) is 6.42 Å². The fourth-order valence-electron chi connectivity index (χ4n) is 5.60. The molecule has 5 rings (SSSR count). The molecule has 0 aromatic heterocycles. The molecule has 3 N–H and O–H groups in total. The molecule has 1 saturated carbocycles. The smallest absolute Gasteiger partial charge is 0.262 e. The molecular weight excluding hydrogens is 372 g/mol. The maximum atomic E-state index is 13.2. The van der Waals surface area contributed by atoms with Gasteiger partial charge in [0.2, 0.25) is 11.8 Å². The van der Waals surface area contributed by atoms with Gasteiger partial charge in [0, 0.05) is 25.0 Å². The van der Waals surface area contributed by atoms with Crippen LogP contribution in [0, 0.1) is 5.92 Å². The predicted octanol–water partition coefficient (Wildman–Crippen LogP) is 0.401. The van der Waals surface area contributed by atoms with Crippen LogP contribution in [0.15, 0.2) is 18.2 Å². The van der Waals surface area contributed by atoms with E-state index in [0.717, 1.165) is 29.8 Å². The minimum atomic E-state index is -0.939. The van der Waals surface area contributed by atoms with E-state index in [0.29, 0.717) is 30.1 Å². The average molecular weight is 396 g/mol. The zero-order valence-electron chi connectivity index (χ0n) is 16.1. The Morgan fingerprint density at radius 1 is 1.10 bits per heavy atom. The maximum absolute atomic E-state index is 13.2. The second-order valence-electron chi connectivity index (χ2n) is 8.54. The Bertz CT molecular complexity index is 941. The minimum absolute atomic E-state index is 0.0116. The van der Waals surface area contributed by atoms with Gasteiger partial charge in [-0.05, 0) is 49.8 Å². The third kappa shape index (κ3) is 2.52. The van der Waals surface area contributed by atoms with Gasteiger partial charge in [-0.1, -0.05) is 12.1 Å². The molecule has 0 radical (unpaired) electrons. The minimum Gasteiger partial charge on any atom is -0.329 e. The van der Waals surface area contributed by atoms with Gasteiger partial charge in [0.05, 0.1) is 11.1 Å². The average Bonchev–Trinajstić information content (AvgIpc) is 3.07. The number of imide groups is 2. The molecule has 1 aromatic carbocycles. The van der Waals surface area contributed by atoms with E-state index in [1.807, 2.05) is 6.07 Å². The zero-order valence-corrected chi connectivity index (χ0v) is 16.1. The van der Waals surface area contributed by atoms with Crippen molar-refractivity contribution in [3.05, 3.63) is 34.9 Å². The van der Waals surface area contributed by atoms with Gasteiger partial charge >= 0.3 is 0 Å². The van der Waals surface area contributed by atoms with Gasteiger partial charge in [0.1, 0.15) is 6.04 Å². The van der Waals surface area contributed by atoms with Gasteiger partial charge in [-0.15, -0.1) is 0 Å². The Labute approximate surface area is 168 Å². The van der Waals surface area contributed by atoms with E-state index in [9.17, 15) is 19.2 Å². The highest BCUT2D eigenvalue weighted by Gasteiger charge is 2.54. The van der Waals surface area contributed by atoms with Gasteiger partial charge < -0.3 is 5.73 Å². The first kappa shape index (κ1) is 18.4. The van der Waals surface area contributed by atoms with Gasteiger partial charge in [0.25, 0.3) is 11.8 Å². The quantitative estimate of drug-likeness (QED) is 0.713. The van der Waals surface area contributed by atoms with Crippen LogP contribution in [0.5, 0.6) is 0 Å². The number of benzene rings is 1. The van der Waals surface area contributed by atoms with Crippen LogP contribution in [0.2, 0.25) is 0 Å². The summed E-state index contributed by atoms with van der Waals surface area (Å²) < 4.78 is 0. The maximum Gasteiger partial charge on any atom is 0.262 e. The van der Waals surface area contributed by atoms with Crippen molar-refractivity contribution in [2.45, 2.75) is 50.2 Å². The molecular formula is C21H24N4O4. The van der Waals surface area contributed by atoms with Crippen LogP contribution in [0.25, 0.3) is 0 Å². The second-order valence-corrected chi connectivity index (χ2v) is 8.54. The molecule has 1 aromatic rings. The van der Waals surface area contributed by atoms with Crippen LogP contribution in [0.3, 0.4) is 0 Å². The second kappa shape index (κ2) is 6.47. The lowest BCUT2D eigenvalue weighted by molar-refractivity contribution is -0.136. The van der Waals surface area contributed by atoms with Crippen molar-refractivity contribution in [3.63, 3.8) is 0 Å². The molecule has 3 aliphatic heterocycles. The fourth-order valence-corrected chi connectivity index (χ4v) is 5.60. The molecule has 4 aliphatic rings. The number of likely N-dealkylation sites (tertiary alicyclic amines) is 1. The van der Waals surface area contributed by atoms with Crippen molar-refractivity contribution in [2.75, 3.05) is 13.1 Å². The number of rotatable bonds is 4. The molecule has 29 heavy (non-hydrogen) atoms. The lowest BCUT2D eigenvalue weighted by atomic mass is 9.67. The fraction of sp³-hybridized carbons (Fsp3) is 0.524. The summed E-state index contributed by atoms with van der Waals surface area (Å²) in [6.45, 7) is 2.10. The normalized spacial score (nSPS) is 31.6. The van der Waals surface area contributed by atoms with Gasteiger partial charge in [-0.2, -0.15) is 0 Å². The Morgan fingerprint density at radius 3 is 2.62 bits per heavy atom. The van der Waals surface area contributed by atoms with Crippen molar-refractivity contribution in [1.82, 2.24) is 15.1 Å². The summed E-state index contributed by atoms with van der Waals surface area (Å²) in [7, 11) is 0. The summed E-state index contributed by atoms with van der Waals surface area (Å²) in [4.78, 5) is 53.3. The van der Waals surface area contributed by atoms with E-state index in [1.54, 1.807) is 12.1 Å². The molecule has 2 saturated heterocycles. The summed E-state index contributed by atoms with van der Waals surface area (Å²) in [6, 6.07) is 4.37. The van der Waals surface area contributed by atoms with Gasteiger partial charge in [0.15, 0.2) is 0 Å². The molecule has 4 amide bonds. The lowest BCUT2D eigenvalue weighted by Crippen LogP contribution is -2.58. The number of nitrogens with two attached hydrogens (primary N) is 1. The van der Waals surface area contributed by atoms with Crippen molar-refractivity contribution in [2.24, 2.45) is 11.7 Å². The van der Waals surface area contributed by atoms with E-state index in [-0.39, 0.29) is 24.3 Å². The summed E-state index contributed by atoms with van der Waals surface area (Å²) >= 11 is 0. The third-order valence-electron chi connectivity index (χ3n) is 7.33. The van der Waals surface area contributed by atoms with Crippen LogP contribution in [0.1, 0.15) is 58.4 Å². The number of carbonyl (C=O) groups excluding carboxylic acids is 4. The van der Waals surface area contributed by atoms with Crippen LogP contribution in [0.4, 0.5) is 0 Å². The first-order valence-corrected chi connectivity index (χ1v) is 10.2. The molecule has 1 aliphatic carbocycles. The Kier molecular flexibility index (Phi) is 4.11. The topological polar surface area (TPSA) is 113 Å². The first-order chi connectivity index (χ1) is 14.0. The summed E-state index contributed by atoms with van der Waals surface area (Å²) in [5.74, 6) is -1.25. The molecule has 0 spiro atoms. The largest absolute Gasteiger partial charge is 0.329 e. The number of fused-ring (bicyclic) bond motifs is 2. The number of hydrogen-bond acceptors (Lipinski definition) is 6. The number of piperidine rings is 1. The number of amides is 4. The summed E-state index contributed by atoms with van der Waals surface area (Å²) in [5, 5.41) is 2.23. The molecule has 3 unspecified atom stereocenters. The van der Waals surface area contributed by atoms with Crippen molar-refractivity contribution in [1.29, 1.82) is 0 Å². The summed E-state index contributed by atoms with van der Waals surface area (Å²) in [6.07, 6.45) is 3.65. The Morgan fingerprint density at radius 2 is 1.93 bits per heavy atom. The van der Waals surface area contributed by atoms with Gasteiger partial charge in [-0.25, -0.2) is 0 Å². The third-order valence-corrected chi connectivity index (χ3v) is 7.33. The molecule has 8 nitrogen and oxygen atoms in total. The Hall–Kier alpha value is -2.58. The van der Waals surface area contributed by atoms with E-state index >= 15 is 0 Å². The predicted molar refractivity (Wildman–Crippen MR) is 103 cm³/mol. The molecule has 152 valence electrons. The van der Waals surface area contributed by atoms with Crippen molar-refractivity contribution in [3.8, 4) is 0 Å². The highest BCUT2D eigenvalue weighted by Crippen LogP contribution is 2.50. The molecule has 3 fully saturated rings. The number of hydrogen-bond donors (Lipinski definition) is 2. The van der Waals surface area contributed by atoms with Crippen LogP contribution in [-0.2, 0) is 16.1 Å². The highest BCUT2D eigenvalue weighted by atomic mass is 16.2. The number of nitrogens with one attached hydrogen (secondary N) is 1. The Balaban J connectivity index is 1.45. The van der Waals surface area contributed by atoms with Gasteiger partial charge in [-0.3, -0.25) is 34.3 Å². The van der Waals surface area contributed by atoms with E-state index < -0.39 is 23.8 Å². The van der Waals surface area contributed by atoms with E-state index in [4.69, 9.17) is 5.73 Å². The van der Waals surface area contributed by atoms with Crippen molar-refractivity contribution >= 4 is 23.6 Å². The molecule has 0 bridgehead atoms. The van der Waals surface area contributed by atoms with E-state index in [2.05, 4.69) is 10.2 Å². The molecule has 8 heteroatoms. The highest BCUT2D eigenvalue weighted by molar-refractivity contribution is 6.24. The first-order valence-electron chi connectivity index (χ1n) is 10.2.